The molecule has 2 aliphatic rings. The molecule has 4 rings (SSSR count). The highest BCUT2D eigenvalue weighted by molar-refractivity contribution is 6.09. The van der Waals surface area contributed by atoms with Crippen molar-refractivity contribution in [3.8, 4) is 0 Å². The third-order valence-corrected chi connectivity index (χ3v) is 6.21. The molecule has 3 heterocycles. The zero-order chi connectivity index (χ0) is 21.3. The van der Waals surface area contributed by atoms with Crippen LogP contribution in [0.2, 0.25) is 0 Å². The number of Topliss-reactive ketones (excluding diaryl/α,β-unsaturated/α-hetero) is 1. The fraction of sp³-hybridized carbons (Fsp3) is 0.478. The summed E-state index contributed by atoms with van der Waals surface area (Å²) in [5.74, 6) is -0.177. The van der Waals surface area contributed by atoms with E-state index in [1.807, 2.05) is 37.2 Å². The number of ketones is 1. The third kappa shape index (κ3) is 4.12. The van der Waals surface area contributed by atoms with Gasteiger partial charge in [0.15, 0.2) is 5.78 Å². The molecular weight excluding hydrogens is 383 g/mol. The van der Waals surface area contributed by atoms with E-state index in [4.69, 9.17) is 0 Å². The number of benzene rings is 1. The van der Waals surface area contributed by atoms with E-state index < -0.39 is 0 Å². The average molecular weight is 413 g/mol. The number of carbonyl (C=O) groups excluding carboxylic acids is 2. The van der Waals surface area contributed by atoms with Crippen LogP contribution in [0.5, 0.6) is 0 Å². The summed E-state index contributed by atoms with van der Waals surface area (Å²) in [6.45, 7) is 7.70. The molecule has 1 aromatic heterocycles. The number of anilines is 1. The fourth-order valence-electron chi connectivity index (χ4n) is 4.58. The van der Waals surface area contributed by atoms with Crippen molar-refractivity contribution in [2.75, 3.05) is 50.7 Å². The van der Waals surface area contributed by atoms with Crippen LogP contribution in [0.15, 0.2) is 30.5 Å². The van der Waals surface area contributed by atoms with E-state index in [0.29, 0.717) is 30.8 Å². The molecule has 160 valence electrons. The second kappa shape index (κ2) is 8.60. The fourth-order valence-corrected chi connectivity index (χ4v) is 4.58. The second-order valence-electron chi connectivity index (χ2n) is 8.27. The molecule has 30 heavy (non-hydrogen) atoms. The Morgan fingerprint density at radius 2 is 1.67 bits per heavy atom. The molecule has 0 radical (unpaired) electrons. The minimum absolute atomic E-state index is 0.0184. The largest absolute Gasteiger partial charge is 0.369 e. The number of halogens is 1. The van der Waals surface area contributed by atoms with Crippen LogP contribution in [-0.2, 0) is 7.05 Å². The summed E-state index contributed by atoms with van der Waals surface area (Å²) < 4.78 is 14.9. The van der Waals surface area contributed by atoms with Gasteiger partial charge in [0.25, 0.3) is 5.91 Å². The molecule has 0 aliphatic carbocycles. The lowest BCUT2D eigenvalue weighted by Gasteiger charge is -2.36. The van der Waals surface area contributed by atoms with Crippen molar-refractivity contribution >= 4 is 17.4 Å². The van der Waals surface area contributed by atoms with Crippen LogP contribution >= 0.6 is 0 Å². The van der Waals surface area contributed by atoms with Crippen molar-refractivity contribution < 1.29 is 14.0 Å². The average Bonchev–Trinajstić information content (AvgIpc) is 2.97. The number of amides is 1. The van der Waals surface area contributed by atoms with Crippen LogP contribution in [0, 0.1) is 12.7 Å². The SMILES string of the molecule is Cc1cn(C)c2c1C(=O)N(CCCN1CCN(c3ccc(F)cc3)CC1)CCC2=O. The Hall–Kier alpha value is -2.67. The lowest BCUT2D eigenvalue weighted by atomic mass is 10.1. The van der Waals surface area contributed by atoms with Crippen LogP contribution in [0.25, 0.3) is 0 Å². The Labute approximate surface area is 176 Å². The van der Waals surface area contributed by atoms with Gasteiger partial charge < -0.3 is 14.4 Å². The van der Waals surface area contributed by atoms with Gasteiger partial charge >= 0.3 is 0 Å². The molecule has 1 fully saturated rings. The van der Waals surface area contributed by atoms with Gasteiger partial charge in [-0.3, -0.25) is 14.5 Å². The second-order valence-corrected chi connectivity index (χ2v) is 8.27. The van der Waals surface area contributed by atoms with Gasteiger partial charge in [0, 0.05) is 64.6 Å². The summed E-state index contributed by atoms with van der Waals surface area (Å²) in [6, 6.07) is 6.67. The number of rotatable bonds is 5. The number of piperazine rings is 1. The van der Waals surface area contributed by atoms with Crippen LogP contribution in [0.1, 0.15) is 39.3 Å². The molecule has 0 N–H and O–H groups in total. The molecule has 1 amide bonds. The first-order valence-corrected chi connectivity index (χ1v) is 10.7. The summed E-state index contributed by atoms with van der Waals surface area (Å²) >= 11 is 0. The van der Waals surface area contributed by atoms with Crippen LogP contribution in [-0.4, -0.2) is 71.9 Å². The molecular formula is C23H29FN4O2. The normalized spacial score (nSPS) is 18.0. The standard InChI is InChI=1S/C23H29FN4O2/c1-17-16-25(2)22-20(29)8-11-28(23(30)21(17)22)10-3-9-26-12-14-27(15-13-26)19-6-4-18(24)5-7-19/h4-7,16H,3,8-15H2,1-2H3. The molecule has 2 aliphatic heterocycles. The Bertz CT molecular complexity index is 929. The first-order valence-electron chi connectivity index (χ1n) is 10.7. The summed E-state index contributed by atoms with van der Waals surface area (Å²) in [4.78, 5) is 32.0. The van der Waals surface area contributed by atoms with Gasteiger partial charge in [0.1, 0.15) is 5.82 Å². The van der Waals surface area contributed by atoms with E-state index in [0.717, 1.165) is 50.4 Å². The predicted molar refractivity (Wildman–Crippen MR) is 115 cm³/mol. The maximum absolute atomic E-state index is 13.1. The van der Waals surface area contributed by atoms with Crippen molar-refractivity contribution in [2.45, 2.75) is 19.8 Å². The smallest absolute Gasteiger partial charge is 0.256 e. The van der Waals surface area contributed by atoms with Crippen molar-refractivity contribution in [3.63, 3.8) is 0 Å². The van der Waals surface area contributed by atoms with Gasteiger partial charge in [-0.1, -0.05) is 0 Å². The topological polar surface area (TPSA) is 48.8 Å². The maximum Gasteiger partial charge on any atom is 0.256 e. The van der Waals surface area contributed by atoms with Crippen molar-refractivity contribution in [3.05, 3.63) is 53.1 Å². The van der Waals surface area contributed by atoms with Gasteiger partial charge in [-0.2, -0.15) is 0 Å². The monoisotopic (exact) mass is 412 g/mol. The number of nitrogens with zero attached hydrogens (tertiary/aromatic N) is 4. The molecule has 7 heteroatoms. The summed E-state index contributed by atoms with van der Waals surface area (Å²) in [5.41, 5.74) is 3.06. The number of hydrogen-bond donors (Lipinski definition) is 0. The number of carbonyl (C=O) groups is 2. The predicted octanol–water partition coefficient (Wildman–Crippen LogP) is 2.71. The Morgan fingerprint density at radius 1 is 0.967 bits per heavy atom. The molecule has 0 saturated carbocycles. The van der Waals surface area contributed by atoms with Crippen LogP contribution in [0.4, 0.5) is 10.1 Å². The first kappa shape index (κ1) is 20.6. The minimum atomic E-state index is -0.208. The molecule has 0 bridgehead atoms. The zero-order valence-corrected chi connectivity index (χ0v) is 17.7. The number of aryl methyl sites for hydroxylation is 2. The van der Waals surface area contributed by atoms with E-state index in [1.54, 1.807) is 4.57 Å². The van der Waals surface area contributed by atoms with Crippen molar-refractivity contribution in [1.82, 2.24) is 14.4 Å². The van der Waals surface area contributed by atoms with Gasteiger partial charge in [0.05, 0.1) is 11.3 Å². The summed E-state index contributed by atoms with van der Waals surface area (Å²) in [6.07, 6.45) is 3.13. The molecule has 2 aromatic rings. The minimum Gasteiger partial charge on any atom is -0.369 e. The first-order chi connectivity index (χ1) is 14.4. The lowest BCUT2D eigenvalue weighted by Crippen LogP contribution is -2.47. The highest BCUT2D eigenvalue weighted by Gasteiger charge is 2.31. The molecule has 1 aromatic carbocycles. The van der Waals surface area contributed by atoms with Gasteiger partial charge in [-0.25, -0.2) is 4.39 Å². The zero-order valence-electron chi connectivity index (χ0n) is 17.7. The molecule has 6 nitrogen and oxygen atoms in total. The summed E-state index contributed by atoms with van der Waals surface area (Å²) in [7, 11) is 1.83. The quantitative estimate of drug-likeness (QED) is 0.758. The van der Waals surface area contributed by atoms with Gasteiger partial charge in [0.2, 0.25) is 0 Å². The van der Waals surface area contributed by atoms with Crippen LogP contribution in [0.3, 0.4) is 0 Å². The highest BCUT2D eigenvalue weighted by Crippen LogP contribution is 2.24. The molecule has 0 unspecified atom stereocenters. The third-order valence-electron chi connectivity index (χ3n) is 6.21. The molecule has 0 atom stereocenters. The Kier molecular flexibility index (Phi) is 5.90. The lowest BCUT2D eigenvalue weighted by molar-refractivity contribution is 0.0749. The van der Waals surface area contributed by atoms with Crippen molar-refractivity contribution in [2.24, 2.45) is 7.05 Å². The Morgan fingerprint density at radius 3 is 2.37 bits per heavy atom. The van der Waals surface area contributed by atoms with Crippen LogP contribution < -0.4 is 4.90 Å². The van der Waals surface area contributed by atoms with E-state index in [2.05, 4.69) is 9.80 Å². The molecule has 1 saturated heterocycles. The van der Waals surface area contributed by atoms with E-state index in [-0.39, 0.29) is 17.5 Å². The van der Waals surface area contributed by atoms with Gasteiger partial charge in [-0.15, -0.1) is 0 Å². The van der Waals surface area contributed by atoms with E-state index in [1.165, 1.54) is 12.1 Å². The molecule has 0 spiro atoms. The van der Waals surface area contributed by atoms with Gasteiger partial charge in [-0.05, 0) is 49.7 Å². The van der Waals surface area contributed by atoms with Crippen molar-refractivity contribution in [1.29, 1.82) is 0 Å². The maximum atomic E-state index is 13.1. The number of aromatic nitrogens is 1. The highest BCUT2D eigenvalue weighted by atomic mass is 19.1. The number of fused-ring (bicyclic) bond motifs is 1. The summed E-state index contributed by atoms with van der Waals surface area (Å²) in [5, 5.41) is 0. The van der Waals surface area contributed by atoms with E-state index >= 15 is 0 Å². The Balaban J connectivity index is 1.29. The van der Waals surface area contributed by atoms with E-state index in [9.17, 15) is 14.0 Å². The number of hydrogen-bond acceptors (Lipinski definition) is 4.